The highest BCUT2D eigenvalue weighted by molar-refractivity contribution is 7.99. The summed E-state index contributed by atoms with van der Waals surface area (Å²) in [5, 5.41) is 12.2. The monoisotopic (exact) mass is 479 g/mol. The SMILES string of the molecule is O=C(CN1CCSCC1)N1CCN(Cc2ccc3c(c2)-c2[nH]nc(-c4ccsc4)c2C3)CC1. The first kappa shape index (κ1) is 21.4. The predicted octanol–water partition coefficient (Wildman–Crippen LogP) is 3.40. The second-order valence-electron chi connectivity index (χ2n) is 9.15. The topological polar surface area (TPSA) is 55.5 Å². The number of aromatic amines is 1. The Morgan fingerprint density at radius 3 is 2.67 bits per heavy atom. The van der Waals surface area contributed by atoms with Gasteiger partial charge >= 0.3 is 0 Å². The Balaban J connectivity index is 1.08. The molecule has 6 rings (SSSR count). The number of H-pyrrole nitrogens is 1. The van der Waals surface area contributed by atoms with Crippen molar-refractivity contribution >= 4 is 29.0 Å². The maximum atomic E-state index is 12.7. The zero-order valence-electron chi connectivity index (χ0n) is 18.8. The second-order valence-corrected chi connectivity index (χ2v) is 11.2. The molecule has 2 saturated heterocycles. The number of hydrogen-bond acceptors (Lipinski definition) is 6. The van der Waals surface area contributed by atoms with Gasteiger partial charge in [-0.15, -0.1) is 0 Å². The Kier molecular flexibility index (Phi) is 6.00. The maximum absolute atomic E-state index is 12.7. The van der Waals surface area contributed by atoms with Crippen molar-refractivity contribution in [3.8, 4) is 22.5 Å². The number of nitrogens with one attached hydrogen (secondary N) is 1. The Bertz CT molecular complexity index is 1130. The zero-order valence-corrected chi connectivity index (χ0v) is 20.4. The maximum Gasteiger partial charge on any atom is 0.236 e. The number of thioether (sulfide) groups is 1. The van der Waals surface area contributed by atoms with Crippen molar-refractivity contribution in [3.05, 3.63) is 51.7 Å². The van der Waals surface area contributed by atoms with Crippen LogP contribution in [0.1, 0.15) is 16.7 Å². The molecular formula is C25H29N5OS2. The molecule has 6 nitrogen and oxygen atoms in total. The molecule has 0 atom stereocenters. The van der Waals surface area contributed by atoms with Crippen LogP contribution in [-0.4, -0.2) is 88.1 Å². The lowest BCUT2D eigenvalue weighted by atomic mass is 10.0. The number of benzene rings is 1. The van der Waals surface area contributed by atoms with Crippen LogP contribution in [0, 0.1) is 0 Å². The van der Waals surface area contributed by atoms with E-state index in [2.05, 4.69) is 59.9 Å². The van der Waals surface area contributed by atoms with Crippen molar-refractivity contribution < 1.29 is 4.79 Å². The second kappa shape index (κ2) is 9.25. The summed E-state index contributed by atoms with van der Waals surface area (Å²) in [5.74, 6) is 2.60. The van der Waals surface area contributed by atoms with Gasteiger partial charge < -0.3 is 4.90 Å². The van der Waals surface area contributed by atoms with Crippen molar-refractivity contribution in [1.82, 2.24) is 24.9 Å². The van der Waals surface area contributed by atoms with Crippen LogP contribution in [0.2, 0.25) is 0 Å². The average molecular weight is 480 g/mol. The molecule has 0 bridgehead atoms. The van der Waals surface area contributed by atoms with Crippen LogP contribution in [0.15, 0.2) is 35.0 Å². The van der Waals surface area contributed by atoms with Gasteiger partial charge in [-0.1, -0.05) is 12.1 Å². The number of rotatable bonds is 5. The van der Waals surface area contributed by atoms with E-state index in [-0.39, 0.29) is 0 Å². The molecule has 1 aliphatic carbocycles. The summed E-state index contributed by atoms with van der Waals surface area (Å²) < 4.78 is 0. The predicted molar refractivity (Wildman–Crippen MR) is 136 cm³/mol. The van der Waals surface area contributed by atoms with Gasteiger partial charge in [0.05, 0.1) is 17.9 Å². The van der Waals surface area contributed by atoms with E-state index in [1.54, 1.807) is 11.3 Å². The Morgan fingerprint density at radius 1 is 1.03 bits per heavy atom. The van der Waals surface area contributed by atoms with Crippen LogP contribution in [-0.2, 0) is 17.8 Å². The summed E-state index contributed by atoms with van der Waals surface area (Å²) in [6.45, 7) is 7.16. The van der Waals surface area contributed by atoms with Crippen LogP contribution in [0.5, 0.6) is 0 Å². The minimum atomic E-state index is 0.298. The van der Waals surface area contributed by atoms with Crippen molar-refractivity contribution in [3.63, 3.8) is 0 Å². The van der Waals surface area contributed by atoms with Crippen molar-refractivity contribution in [2.24, 2.45) is 0 Å². The lowest BCUT2D eigenvalue weighted by Crippen LogP contribution is -2.51. The zero-order chi connectivity index (χ0) is 22.2. The Morgan fingerprint density at radius 2 is 1.88 bits per heavy atom. The Labute approximate surface area is 203 Å². The fourth-order valence-corrected chi connectivity index (χ4v) is 6.78. The molecule has 1 amide bonds. The normalized spacial score (nSPS) is 19.0. The van der Waals surface area contributed by atoms with Gasteiger partial charge in [0, 0.05) is 85.8 Å². The van der Waals surface area contributed by atoms with Gasteiger partial charge in [-0.3, -0.25) is 19.7 Å². The molecule has 2 aliphatic heterocycles. The van der Waals surface area contributed by atoms with E-state index in [1.165, 1.54) is 33.5 Å². The van der Waals surface area contributed by atoms with Crippen LogP contribution >= 0.6 is 23.1 Å². The molecule has 0 radical (unpaired) electrons. The van der Waals surface area contributed by atoms with Crippen molar-refractivity contribution in [2.75, 3.05) is 57.3 Å². The highest BCUT2D eigenvalue weighted by Crippen LogP contribution is 2.40. The minimum absolute atomic E-state index is 0.298. The van der Waals surface area contributed by atoms with Crippen molar-refractivity contribution in [2.45, 2.75) is 13.0 Å². The number of amides is 1. The van der Waals surface area contributed by atoms with Crippen LogP contribution in [0.25, 0.3) is 22.5 Å². The van der Waals surface area contributed by atoms with Gasteiger partial charge in [-0.05, 0) is 28.6 Å². The van der Waals surface area contributed by atoms with Crippen LogP contribution < -0.4 is 0 Å². The van der Waals surface area contributed by atoms with E-state index in [0.717, 1.165) is 69.4 Å². The highest BCUT2D eigenvalue weighted by atomic mass is 32.2. The molecule has 4 heterocycles. The van der Waals surface area contributed by atoms with Crippen molar-refractivity contribution in [1.29, 1.82) is 0 Å². The number of carbonyl (C=O) groups is 1. The largest absolute Gasteiger partial charge is 0.339 e. The molecule has 33 heavy (non-hydrogen) atoms. The molecule has 8 heteroatoms. The van der Waals surface area contributed by atoms with Gasteiger partial charge in [-0.25, -0.2) is 0 Å². The minimum Gasteiger partial charge on any atom is -0.339 e. The summed E-state index contributed by atoms with van der Waals surface area (Å²) >= 11 is 3.70. The smallest absolute Gasteiger partial charge is 0.236 e. The quantitative estimate of drug-likeness (QED) is 0.476. The standard InChI is InChI=1S/C25H29N5OS2/c31-23(16-29-8-11-32-12-9-29)30-6-4-28(5-7-30)15-18-1-2-19-14-22-24(20-3-10-33-17-20)26-27-25(22)21(19)13-18/h1-3,10,13,17H,4-9,11-12,14-16H2,(H,26,27). The van der Waals surface area contributed by atoms with Gasteiger partial charge in [0.1, 0.15) is 0 Å². The number of aromatic nitrogens is 2. The first-order chi connectivity index (χ1) is 16.2. The summed E-state index contributed by atoms with van der Waals surface area (Å²) in [5.41, 5.74) is 8.80. The summed E-state index contributed by atoms with van der Waals surface area (Å²) in [4.78, 5) is 19.6. The van der Waals surface area contributed by atoms with E-state index in [1.807, 2.05) is 11.8 Å². The van der Waals surface area contributed by atoms with E-state index >= 15 is 0 Å². The molecule has 1 N–H and O–H groups in total. The molecule has 0 unspecified atom stereocenters. The lowest BCUT2D eigenvalue weighted by molar-refractivity contribution is -0.134. The number of thiophene rings is 1. The van der Waals surface area contributed by atoms with E-state index in [9.17, 15) is 4.79 Å². The fourth-order valence-electron chi connectivity index (χ4n) is 5.16. The molecule has 2 fully saturated rings. The molecule has 2 aromatic heterocycles. The third kappa shape index (κ3) is 4.37. The number of fused-ring (bicyclic) bond motifs is 3. The number of hydrogen-bond donors (Lipinski definition) is 1. The third-order valence-corrected chi connectivity index (χ3v) is 8.69. The van der Waals surface area contributed by atoms with Gasteiger partial charge in [0.15, 0.2) is 0 Å². The van der Waals surface area contributed by atoms with Gasteiger partial charge in [0.25, 0.3) is 0 Å². The summed E-state index contributed by atoms with van der Waals surface area (Å²) in [7, 11) is 0. The molecular weight excluding hydrogens is 450 g/mol. The first-order valence-corrected chi connectivity index (χ1v) is 13.9. The number of carbonyl (C=O) groups excluding carboxylic acids is 1. The lowest BCUT2D eigenvalue weighted by Gasteiger charge is -2.36. The molecule has 0 saturated carbocycles. The Hall–Kier alpha value is -2.13. The summed E-state index contributed by atoms with van der Waals surface area (Å²) in [6, 6.07) is 9.04. The van der Waals surface area contributed by atoms with Crippen LogP contribution in [0.3, 0.4) is 0 Å². The molecule has 172 valence electrons. The average Bonchev–Trinajstić information content (AvgIpc) is 3.57. The van der Waals surface area contributed by atoms with Gasteiger partial charge in [0.2, 0.25) is 5.91 Å². The molecule has 0 spiro atoms. The van der Waals surface area contributed by atoms with E-state index in [0.29, 0.717) is 12.5 Å². The van der Waals surface area contributed by atoms with Crippen LogP contribution in [0.4, 0.5) is 0 Å². The molecule has 3 aliphatic rings. The first-order valence-electron chi connectivity index (χ1n) is 11.8. The highest BCUT2D eigenvalue weighted by Gasteiger charge is 2.27. The molecule has 3 aromatic rings. The van der Waals surface area contributed by atoms with Gasteiger partial charge in [-0.2, -0.15) is 28.2 Å². The van der Waals surface area contributed by atoms with E-state index in [4.69, 9.17) is 0 Å². The van der Waals surface area contributed by atoms with E-state index < -0.39 is 0 Å². The fraction of sp³-hybridized carbons (Fsp3) is 0.440. The third-order valence-electron chi connectivity index (χ3n) is 7.07. The number of nitrogens with zero attached hydrogens (tertiary/aromatic N) is 4. The number of piperazine rings is 1. The molecule has 1 aromatic carbocycles. The summed E-state index contributed by atoms with van der Waals surface area (Å²) in [6.07, 6.45) is 0.948.